The lowest BCUT2D eigenvalue weighted by molar-refractivity contribution is -0.219. The van der Waals surface area contributed by atoms with Crippen LogP contribution in [0.3, 0.4) is 0 Å². The van der Waals surface area contributed by atoms with Crippen LogP contribution >= 0.6 is 0 Å². The second-order valence-corrected chi connectivity index (χ2v) is 10.2. The van der Waals surface area contributed by atoms with Gasteiger partial charge in [-0.25, -0.2) is 0 Å². The van der Waals surface area contributed by atoms with Crippen LogP contribution in [-0.4, -0.2) is 47.6 Å². The van der Waals surface area contributed by atoms with Crippen molar-refractivity contribution in [1.29, 1.82) is 0 Å². The van der Waals surface area contributed by atoms with Gasteiger partial charge in [0.15, 0.2) is 11.6 Å². The number of fused-ring (bicyclic) bond motifs is 3. The van der Waals surface area contributed by atoms with Gasteiger partial charge < -0.3 is 14.9 Å². The molecule has 29 heavy (non-hydrogen) atoms. The van der Waals surface area contributed by atoms with Gasteiger partial charge in [0, 0.05) is 25.6 Å². The van der Waals surface area contributed by atoms with Crippen molar-refractivity contribution in [2.45, 2.75) is 52.4 Å². The second kappa shape index (κ2) is 6.74. The van der Waals surface area contributed by atoms with Crippen LogP contribution in [0, 0.1) is 39.9 Å². The summed E-state index contributed by atoms with van der Waals surface area (Å²) in [7, 11) is 0. The zero-order valence-corrected chi connectivity index (χ0v) is 17.4. The molecule has 5 rings (SSSR count). The first kappa shape index (κ1) is 20.7. The molecule has 7 atom stereocenters. The van der Waals surface area contributed by atoms with Crippen molar-refractivity contribution in [3.8, 4) is 0 Å². The average Bonchev–Trinajstić information content (AvgIpc) is 2.71. The van der Waals surface area contributed by atoms with Crippen LogP contribution in [0.25, 0.3) is 0 Å². The number of allylic oxidation sites excluding steroid dienone is 1. The van der Waals surface area contributed by atoms with Gasteiger partial charge >= 0.3 is 5.97 Å². The number of hydrogen-bond donors (Lipinski definition) is 2. The highest BCUT2D eigenvalue weighted by molar-refractivity contribution is 6.17. The van der Waals surface area contributed by atoms with Crippen LogP contribution in [0.5, 0.6) is 0 Å². The molecule has 5 aliphatic carbocycles. The fraction of sp³-hybridized carbons (Fsp3) is 0.783. The summed E-state index contributed by atoms with van der Waals surface area (Å²) in [4.78, 5) is 39.0. The number of carbonyl (C=O) groups excluding carboxylic acids is 3. The first-order valence-electron chi connectivity index (χ1n) is 10.8. The number of aliphatic hydroxyl groups is 2. The van der Waals surface area contributed by atoms with Crippen LogP contribution < -0.4 is 0 Å². The lowest BCUT2D eigenvalue weighted by Crippen LogP contribution is -2.72. The molecule has 0 amide bonds. The summed E-state index contributed by atoms with van der Waals surface area (Å²) >= 11 is 0. The number of rotatable bonds is 4. The summed E-state index contributed by atoms with van der Waals surface area (Å²) in [5.41, 5.74) is -1.83. The van der Waals surface area contributed by atoms with Crippen LogP contribution in [-0.2, 0) is 19.1 Å². The Kier molecular flexibility index (Phi) is 4.82. The minimum absolute atomic E-state index is 0.0681. The highest BCUT2D eigenvalue weighted by atomic mass is 16.5. The van der Waals surface area contributed by atoms with E-state index >= 15 is 0 Å². The SMILES string of the molecule is C=C1C(=O)[C@]23CC[C@H]1C[C@@H]2[C@]1(CO)CCC[C@@](C)(CO)C1[C@H](COC(C)=O)C3=O. The van der Waals surface area contributed by atoms with E-state index in [4.69, 9.17) is 4.74 Å². The molecule has 0 aromatic rings. The molecule has 5 fully saturated rings. The molecule has 0 radical (unpaired) electrons. The van der Waals surface area contributed by atoms with E-state index in [1.165, 1.54) is 6.92 Å². The quantitative estimate of drug-likeness (QED) is 0.423. The number of Topliss-reactive ketones (excluding diaryl/α,β-unsaturated/α-hetero) is 2. The highest BCUT2D eigenvalue weighted by Crippen LogP contribution is 2.71. The van der Waals surface area contributed by atoms with Gasteiger partial charge in [0.2, 0.25) is 0 Å². The van der Waals surface area contributed by atoms with Crippen molar-refractivity contribution >= 4 is 17.5 Å². The maximum atomic E-state index is 14.0. The molecular formula is C23H32O6. The summed E-state index contributed by atoms with van der Waals surface area (Å²) in [6.45, 7) is 6.94. The Morgan fingerprint density at radius 2 is 1.93 bits per heavy atom. The third kappa shape index (κ3) is 2.51. The van der Waals surface area contributed by atoms with E-state index in [0.717, 1.165) is 19.3 Å². The Hall–Kier alpha value is -1.53. The standard InChI is InChI=1S/C23H32O6/c1-13-15-5-8-23(19(13)27)17(9-15)22(12-25)7-4-6-21(3,11-24)18(22)16(20(23)28)10-29-14(2)26/h15-18,24-25H,1,4-12H2,2-3H3/t15-,16-,17+,18?,21-,22+,23-/m0/s1. The summed E-state index contributed by atoms with van der Waals surface area (Å²) < 4.78 is 5.32. The zero-order chi connectivity index (χ0) is 21.2. The summed E-state index contributed by atoms with van der Waals surface area (Å²) in [6.07, 6.45) is 4.22. The van der Waals surface area contributed by atoms with Crippen molar-refractivity contribution in [2.24, 2.45) is 39.9 Å². The van der Waals surface area contributed by atoms with Gasteiger partial charge in [-0.15, -0.1) is 0 Å². The molecule has 2 bridgehead atoms. The maximum absolute atomic E-state index is 14.0. The summed E-state index contributed by atoms with van der Waals surface area (Å²) in [5.74, 6) is -2.01. The van der Waals surface area contributed by atoms with Gasteiger partial charge in [0.05, 0.1) is 11.3 Å². The molecule has 0 saturated heterocycles. The molecule has 160 valence electrons. The van der Waals surface area contributed by atoms with Crippen molar-refractivity contribution < 1.29 is 29.3 Å². The minimum Gasteiger partial charge on any atom is -0.465 e. The summed E-state index contributed by atoms with van der Waals surface area (Å²) in [5, 5.41) is 21.1. The monoisotopic (exact) mass is 404 g/mol. The van der Waals surface area contributed by atoms with Crippen LogP contribution in [0.2, 0.25) is 0 Å². The van der Waals surface area contributed by atoms with Gasteiger partial charge in [-0.2, -0.15) is 0 Å². The Morgan fingerprint density at radius 3 is 2.55 bits per heavy atom. The highest BCUT2D eigenvalue weighted by Gasteiger charge is 2.74. The largest absolute Gasteiger partial charge is 0.465 e. The predicted molar refractivity (Wildman–Crippen MR) is 105 cm³/mol. The average molecular weight is 405 g/mol. The molecule has 5 aliphatic rings. The number of ether oxygens (including phenoxy) is 1. The van der Waals surface area contributed by atoms with Crippen LogP contribution in [0.4, 0.5) is 0 Å². The van der Waals surface area contributed by atoms with E-state index in [1.807, 2.05) is 6.92 Å². The molecule has 1 spiro atoms. The molecule has 1 unspecified atom stereocenters. The fourth-order valence-electron chi connectivity index (χ4n) is 7.80. The van der Waals surface area contributed by atoms with E-state index in [1.54, 1.807) is 0 Å². The first-order valence-corrected chi connectivity index (χ1v) is 10.8. The fourth-order valence-corrected chi connectivity index (χ4v) is 7.80. The Morgan fingerprint density at radius 1 is 1.21 bits per heavy atom. The molecule has 0 aromatic carbocycles. The molecule has 2 N–H and O–H groups in total. The van der Waals surface area contributed by atoms with Gasteiger partial charge in [0.1, 0.15) is 6.61 Å². The molecule has 0 aliphatic heterocycles. The normalized spacial score (nSPS) is 46.3. The topological polar surface area (TPSA) is 101 Å². The molecule has 0 heterocycles. The second-order valence-electron chi connectivity index (χ2n) is 10.2. The van der Waals surface area contributed by atoms with Crippen molar-refractivity contribution in [3.63, 3.8) is 0 Å². The number of ketones is 2. The maximum Gasteiger partial charge on any atom is 0.302 e. The Bertz CT molecular complexity index is 773. The van der Waals surface area contributed by atoms with Crippen LogP contribution in [0.15, 0.2) is 12.2 Å². The number of hydrogen-bond acceptors (Lipinski definition) is 6. The van der Waals surface area contributed by atoms with Crippen molar-refractivity contribution in [2.75, 3.05) is 19.8 Å². The smallest absolute Gasteiger partial charge is 0.302 e. The lowest BCUT2D eigenvalue weighted by Gasteiger charge is -2.68. The first-order chi connectivity index (χ1) is 13.7. The molecule has 0 aromatic heterocycles. The third-order valence-electron chi connectivity index (χ3n) is 8.95. The number of aliphatic hydroxyl groups excluding tert-OH is 2. The number of esters is 1. The van der Waals surface area contributed by atoms with E-state index in [9.17, 15) is 24.6 Å². The van der Waals surface area contributed by atoms with Crippen LogP contribution in [0.1, 0.15) is 52.4 Å². The molecule has 5 saturated carbocycles. The van der Waals surface area contributed by atoms with E-state index in [0.29, 0.717) is 24.8 Å². The van der Waals surface area contributed by atoms with E-state index < -0.39 is 28.1 Å². The molecule has 6 heteroatoms. The molecule has 6 nitrogen and oxygen atoms in total. The Labute approximate surface area is 171 Å². The zero-order valence-electron chi connectivity index (χ0n) is 17.4. The third-order valence-corrected chi connectivity index (χ3v) is 8.95. The Balaban J connectivity index is 1.91. The van der Waals surface area contributed by atoms with E-state index in [-0.39, 0.29) is 49.1 Å². The predicted octanol–water partition coefficient (Wildman–Crippen LogP) is 2.07. The van der Waals surface area contributed by atoms with Gasteiger partial charge in [-0.05, 0) is 60.8 Å². The van der Waals surface area contributed by atoms with Crippen molar-refractivity contribution in [1.82, 2.24) is 0 Å². The molecular weight excluding hydrogens is 372 g/mol. The van der Waals surface area contributed by atoms with E-state index in [2.05, 4.69) is 6.58 Å². The van der Waals surface area contributed by atoms with Gasteiger partial charge in [0.25, 0.3) is 0 Å². The van der Waals surface area contributed by atoms with Crippen molar-refractivity contribution in [3.05, 3.63) is 12.2 Å². The summed E-state index contributed by atoms with van der Waals surface area (Å²) in [6, 6.07) is 0. The lowest BCUT2D eigenvalue weighted by atomic mass is 9.34. The van der Waals surface area contributed by atoms with Gasteiger partial charge in [-0.3, -0.25) is 14.4 Å². The minimum atomic E-state index is -1.16. The van der Waals surface area contributed by atoms with Gasteiger partial charge in [-0.1, -0.05) is 19.9 Å². The number of carbonyl (C=O) groups is 3.